The van der Waals surface area contributed by atoms with Crippen LogP contribution in [0.15, 0.2) is 33.7 Å². The molecule has 0 fully saturated rings. The molecule has 1 aromatic heterocycles. The van der Waals surface area contributed by atoms with Crippen LogP contribution in [0, 0.1) is 18.4 Å². The predicted molar refractivity (Wildman–Crippen MR) is 70.3 cm³/mol. The van der Waals surface area contributed by atoms with Gasteiger partial charge in [0.15, 0.2) is 11.4 Å². The Morgan fingerprint density at radius 1 is 1.47 bits per heavy atom. The molecule has 2 aromatic rings. The van der Waals surface area contributed by atoms with E-state index in [1.165, 1.54) is 11.8 Å². The van der Waals surface area contributed by atoms with Gasteiger partial charge in [0.2, 0.25) is 0 Å². The number of nitrogens with one attached hydrogen (secondary N) is 1. The summed E-state index contributed by atoms with van der Waals surface area (Å²) in [6.45, 7) is 1.91. The lowest BCUT2D eigenvalue weighted by Crippen LogP contribution is -2.12. The molecule has 0 unspecified atom stereocenters. The normalized spacial score (nSPS) is 11.5. The van der Waals surface area contributed by atoms with Crippen molar-refractivity contribution in [3.8, 4) is 6.19 Å². The smallest absolute Gasteiger partial charge is 0.183 e. The molecule has 4 nitrogen and oxygen atoms in total. The molecule has 0 amide bonds. The maximum Gasteiger partial charge on any atom is 0.183 e. The first-order valence-corrected chi connectivity index (χ1v) is 6.23. The predicted octanol–water partition coefficient (Wildman–Crippen LogP) is 3.16. The van der Waals surface area contributed by atoms with E-state index in [2.05, 4.69) is 10.3 Å². The summed E-state index contributed by atoms with van der Waals surface area (Å²) in [6, 6.07) is 7.64. The minimum atomic E-state index is 0.576. The standard InChI is InChI=1S/C12H11N3OS/c1-8-5-9-6-10(3-4-11(9)16-8)15-12(17-2)14-7-13/h3-6H,1-2H3,(H,14,15). The highest BCUT2D eigenvalue weighted by molar-refractivity contribution is 8.13. The molecule has 0 saturated heterocycles. The molecule has 86 valence electrons. The van der Waals surface area contributed by atoms with E-state index in [-0.39, 0.29) is 0 Å². The highest BCUT2D eigenvalue weighted by Gasteiger charge is 2.02. The van der Waals surface area contributed by atoms with Crippen molar-refractivity contribution in [2.45, 2.75) is 6.92 Å². The molecule has 0 saturated carbocycles. The third-order valence-corrected chi connectivity index (χ3v) is 2.79. The number of furan rings is 1. The number of nitrogens with zero attached hydrogens (tertiary/aromatic N) is 2. The van der Waals surface area contributed by atoms with Crippen LogP contribution in [0.2, 0.25) is 0 Å². The molecular formula is C12H11N3OS. The van der Waals surface area contributed by atoms with Gasteiger partial charge in [-0.15, -0.1) is 0 Å². The molecule has 2 rings (SSSR count). The molecule has 0 spiro atoms. The molecular weight excluding hydrogens is 234 g/mol. The van der Waals surface area contributed by atoms with Gasteiger partial charge in [-0.2, -0.15) is 5.26 Å². The van der Waals surface area contributed by atoms with Gasteiger partial charge in [-0.05, 0) is 37.4 Å². The SMILES string of the molecule is CSC(=Nc1ccc2oc(C)cc2c1)NC#N. The van der Waals surface area contributed by atoms with Crippen LogP contribution in [-0.4, -0.2) is 11.4 Å². The van der Waals surface area contributed by atoms with E-state index in [0.29, 0.717) is 5.17 Å². The molecule has 1 heterocycles. The first kappa shape index (κ1) is 11.6. The zero-order valence-electron chi connectivity index (χ0n) is 9.52. The van der Waals surface area contributed by atoms with E-state index < -0.39 is 0 Å². The summed E-state index contributed by atoms with van der Waals surface area (Å²) in [7, 11) is 0. The van der Waals surface area contributed by atoms with Gasteiger partial charge in [-0.25, -0.2) is 4.99 Å². The number of aryl methyl sites for hydroxylation is 1. The Kier molecular flexibility index (Phi) is 3.35. The third kappa shape index (κ3) is 2.60. The van der Waals surface area contributed by atoms with Crippen molar-refractivity contribution in [1.82, 2.24) is 5.32 Å². The van der Waals surface area contributed by atoms with E-state index in [1.54, 1.807) is 0 Å². The average molecular weight is 245 g/mol. The number of thioether (sulfide) groups is 1. The van der Waals surface area contributed by atoms with E-state index >= 15 is 0 Å². The van der Waals surface area contributed by atoms with E-state index in [1.807, 2.05) is 43.6 Å². The number of amidine groups is 1. The van der Waals surface area contributed by atoms with Crippen LogP contribution in [0.5, 0.6) is 0 Å². The van der Waals surface area contributed by atoms with E-state index in [0.717, 1.165) is 22.4 Å². The van der Waals surface area contributed by atoms with Gasteiger partial charge in [0.1, 0.15) is 11.3 Å². The highest BCUT2D eigenvalue weighted by Crippen LogP contribution is 2.24. The van der Waals surface area contributed by atoms with Crippen molar-refractivity contribution in [2.75, 3.05) is 6.26 Å². The summed E-state index contributed by atoms with van der Waals surface area (Å²) in [5.41, 5.74) is 1.64. The summed E-state index contributed by atoms with van der Waals surface area (Å²) in [5.74, 6) is 0.876. The summed E-state index contributed by atoms with van der Waals surface area (Å²) >= 11 is 1.39. The molecule has 0 aliphatic carbocycles. The Labute approximate surface area is 103 Å². The first-order valence-electron chi connectivity index (χ1n) is 5.01. The number of benzene rings is 1. The van der Waals surface area contributed by atoms with Crippen LogP contribution in [0.3, 0.4) is 0 Å². The Morgan fingerprint density at radius 2 is 2.29 bits per heavy atom. The van der Waals surface area contributed by atoms with Crippen molar-refractivity contribution < 1.29 is 4.42 Å². The number of hydrogen-bond donors (Lipinski definition) is 1. The van der Waals surface area contributed by atoms with Crippen molar-refractivity contribution in [3.63, 3.8) is 0 Å². The minimum absolute atomic E-state index is 0.576. The zero-order chi connectivity index (χ0) is 12.3. The minimum Gasteiger partial charge on any atom is -0.461 e. The lowest BCUT2D eigenvalue weighted by molar-refractivity contribution is 0.578. The van der Waals surface area contributed by atoms with Crippen LogP contribution in [0.25, 0.3) is 11.0 Å². The van der Waals surface area contributed by atoms with Gasteiger partial charge in [0.05, 0.1) is 5.69 Å². The maximum atomic E-state index is 8.55. The second-order valence-electron chi connectivity index (χ2n) is 3.44. The van der Waals surface area contributed by atoms with Crippen LogP contribution in [-0.2, 0) is 0 Å². The van der Waals surface area contributed by atoms with Crippen LogP contribution in [0.1, 0.15) is 5.76 Å². The van der Waals surface area contributed by atoms with Crippen LogP contribution in [0.4, 0.5) is 5.69 Å². The van der Waals surface area contributed by atoms with Crippen molar-refractivity contribution >= 4 is 33.6 Å². The number of fused-ring (bicyclic) bond motifs is 1. The molecule has 17 heavy (non-hydrogen) atoms. The molecule has 0 aliphatic rings. The molecule has 1 N–H and O–H groups in total. The van der Waals surface area contributed by atoms with Crippen LogP contribution >= 0.6 is 11.8 Å². The van der Waals surface area contributed by atoms with Gasteiger partial charge >= 0.3 is 0 Å². The molecule has 5 heteroatoms. The third-order valence-electron chi connectivity index (χ3n) is 2.21. The summed E-state index contributed by atoms with van der Waals surface area (Å²) in [4.78, 5) is 4.33. The fourth-order valence-corrected chi connectivity index (χ4v) is 1.87. The Balaban J connectivity index is 2.39. The lowest BCUT2D eigenvalue weighted by atomic mass is 10.2. The molecule has 1 aromatic carbocycles. The molecule has 0 radical (unpaired) electrons. The lowest BCUT2D eigenvalue weighted by Gasteiger charge is -1.99. The van der Waals surface area contributed by atoms with Crippen molar-refractivity contribution in [1.29, 1.82) is 5.26 Å². The monoisotopic (exact) mass is 245 g/mol. The van der Waals surface area contributed by atoms with Crippen LogP contribution < -0.4 is 5.32 Å². The first-order chi connectivity index (χ1) is 8.22. The second-order valence-corrected chi connectivity index (χ2v) is 4.23. The van der Waals surface area contributed by atoms with Crippen molar-refractivity contribution in [2.24, 2.45) is 4.99 Å². The van der Waals surface area contributed by atoms with Gasteiger partial charge < -0.3 is 4.42 Å². The summed E-state index contributed by atoms with van der Waals surface area (Å²) in [5, 5.41) is 12.7. The van der Waals surface area contributed by atoms with Crippen molar-refractivity contribution in [3.05, 3.63) is 30.0 Å². The fourth-order valence-electron chi connectivity index (χ4n) is 1.52. The van der Waals surface area contributed by atoms with Gasteiger partial charge in [0.25, 0.3) is 0 Å². The number of hydrogen-bond acceptors (Lipinski definition) is 4. The van der Waals surface area contributed by atoms with Gasteiger partial charge in [-0.1, -0.05) is 11.8 Å². The average Bonchev–Trinajstić information content (AvgIpc) is 2.68. The van der Waals surface area contributed by atoms with E-state index in [9.17, 15) is 0 Å². The van der Waals surface area contributed by atoms with E-state index in [4.69, 9.17) is 9.68 Å². The largest absolute Gasteiger partial charge is 0.461 e. The second kappa shape index (κ2) is 4.93. The fraction of sp³-hybridized carbons (Fsp3) is 0.167. The molecule has 0 bridgehead atoms. The summed E-state index contributed by atoms with van der Waals surface area (Å²) in [6.07, 6.45) is 3.72. The number of aliphatic imine (C=N–C) groups is 1. The number of nitriles is 1. The van der Waals surface area contributed by atoms with Gasteiger partial charge in [0, 0.05) is 5.39 Å². The Hall–Kier alpha value is -1.93. The Bertz CT molecular complexity index is 610. The zero-order valence-corrected chi connectivity index (χ0v) is 10.3. The summed E-state index contributed by atoms with van der Waals surface area (Å²) < 4.78 is 5.48. The highest BCUT2D eigenvalue weighted by atomic mass is 32.2. The van der Waals surface area contributed by atoms with Gasteiger partial charge in [-0.3, -0.25) is 5.32 Å². The molecule has 0 aliphatic heterocycles. The molecule has 0 atom stereocenters. The maximum absolute atomic E-state index is 8.55. The quantitative estimate of drug-likeness (QED) is 0.363. The topological polar surface area (TPSA) is 61.3 Å². The Morgan fingerprint density at radius 3 is 3.00 bits per heavy atom. The number of rotatable bonds is 1.